The number of hydrogen-bond donors (Lipinski definition) is 1. The minimum atomic E-state index is -0.178. The van der Waals surface area contributed by atoms with Gasteiger partial charge in [-0.3, -0.25) is 9.88 Å². The maximum absolute atomic E-state index is 6.43. The van der Waals surface area contributed by atoms with Crippen LogP contribution in [0.2, 0.25) is 0 Å². The summed E-state index contributed by atoms with van der Waals surface area (Å²) in [6, 6.07) is 6.28. The lowest BCUT2D eigenvalue weighted by Crippen LogP contribution is -2.59. The van der Waals surface area contributed by atoms with Crippen LogP contribution in [-0.4, -0.2) is 40.2 Å². The summed E-state index contributed by atoms with van der Waals surface area (Å²) in [4.78, 5) is 7.00. The second-order valence-corrected chi connectivity index (χ2v) is 7.30. The van der Waals surface area contributed by atoms with Gasteiger partial charge in [0, 0.05) is 25.3 Å². The predicted octanol–water partition coefficient (Wildman–Crippen LogP) is 2.75. The Bertz CT molecular complexity index is 442. The van der Waals surface area contributed by atoms with Crippen molar-refractivity contribution in [3.8, 4) is 0 Å². The molecule has 0 radical (unpaired) electrons. The molecule has 118 valence electrons. The van der Waals surface area contributed by atoms with Gasteiger partial charge in [0.15, 0.2) is 0 Å². The normalized spacial score (nSPS) is 24.5. The first-order valence-corrected chi connectivity index (χ1v) is 7.85. The first kappa shape index (κ1) is 16.4. The fourth-order valence-electron chi connectivity index (χ4n) is 3.49. The van der Waals surface area contributed by atoms with Crippen LogP contribution in [0.4, 0.5) is 0 Å². The molecule has 1 saturated heterocycles. The smallest absolute Gasteiger partial charge is 0.0761 e. The zero-order valence-corrected chi connectivity index (χ0v) is 14.0. The Hall–Kier alpha value is -0.970. The van der Waals surface area contributed by atoms with Crippen LogP contribution >= 0.6 is 0 Å². The third-order valence-electron chi connectivity index (χ3n) is 3.98. The minimum absolute atomic E-state index is 0.0737. The van der Waals surface area contributed by atoms with E-state index in [9.17, 15) is 0 Å². The largest absolute Gasteiger partial charge is 0.367 e. The standard InChI is InChI=1S/C17H29N3O/c1-6-13(18)15(14-9-7-8-10-19-14)20-11-16(2,3)21-17(4,5)12-20/h7-10,13,15H,6,11-12,18H2,1-5H3. The number of pyridine rings is 1. The first-order valence-electron chi connectivity index (χ1n) is 7.85. The molecule has 2 atom stereocenters. The summed E-state index contributed by atoms with van der Waals surface area (Å²) in [5.74, 6) is 0. The molecule has 1 aliphatic heterocycles. The number of morpholine rings is 1. The summed E-state index contributed by atoms with van der Waals surface area (Å²) < 4.78 is 6.19. The van der Waals surface area contributed by atoms with E-state index < -0.39 is 0 Å². The van der Waals surface area contributed by atoms with Crippen molar-refractivity contribution in [3.63, 3.8) is 0 Å². The van der Waals surface area contributed by atoms with Crippen molar-refractivity contribution in [1.29, 1.82) is 0 Å². The Morgan fingerprint density at radius 1 is 1.24 bits per heavy atom. The van der Waals surface area contributed by atoms with Gasteiger partial charge >= 0.3 is 0 Å². The lowest BCUT2D eigenvalue weighted by molar-refractivity contribution is -0.189. The van der Waals surface area contributed by atoms with Gasteiger partial charge in [0.25, 0.3) is 0 Å². The molecule has 4 nitrogen and oxygen atoms in total. The molecule has 2 N–H and O–H groups in total. The van der Waals surface area contributed by atoms with E-state index in [1.165, 1.54) is 0 Å². The van der Waals surface area contributed by atoms with Gasteiger partial charge in [0.2, 0.25) is 0 Å². The van der Waals surface area contributed by atoms with Crippen molar-refractivity contribution in [3.05, 3.63) is 30.1 Å². The molecular weight excluding hydrogens is 262 g/mol. The third kappa shape index (κ3) is 4.02. The molecule has 2 heterocycles. The fraction of sp³-hybridized carbons (Fsp3) is 0.706. The molecule has 4 heteroatoms. The molecule has 0 aromatic carbocycles. The summed E-state index contributed by atoms with van der Waals surface area (Å²) in [6.07, 6.45) is 2.78. The second-order valence-electron chi connectivity index (χ2n) is 7.30. The molecule has 0 bridgehead atoms. The second kappa shape index (κ2) is 6.03. The van der Waals surface area contributed by atoms with Gasteiger partial charge in [-0.15, -0.1) is 0 Å². The molecule has 1 aromatic rings. The Balaban J connectivity index is 2.33. The van der Waals surface area contributed by atoms with E-state index >= 15 is 0 Å². The van der Waals surface area contributed by atoms with Crippen LogP contribution in [-0.2, 0) is 4.74 Å². The molecule has 1 aliphatic rings. The Morgan fingerprint density at radius 3 is 2.33 bits per heavy atom. The fourth-order valence-corrected chi connectivity index (χ4v) is 3.49. The quantitative estimate of drug-likeness (QED) is 0.927. The van der Waals surface area contributed by atoms with Crippen molar-refractivity contribution in [2.75, 3.05) is 13.1 Å². The van der Waals surface area contributed by atoms with E-state index in [0.717, 1.165) is 25.2 Å². The van der Waals surface area contributed by atoms with Crippen molar-refractivity contribution in [2.45, 2.75) is 64.3 Å². The van der Waals surface area contributed by atoms with E-state index in [1.807, 2.05) is 18.3 Å². The molecule has 21 heavy (non-hydrogen) atoms. The van der Waals surface area contributed by atoms with E-state index in [0.29, 0.717) is 0 Å². The number of hydrogen-bond acceptors (Lipinski definition) is 4. The maximum atomic E-state index is 6.43. The molecule has 2 rings (SSSR count). The summed E-state index contributed by atoms with van der Waals surface area (Å²) in [5, 5.41) is 0. The van der Waals surface area contributed by atoms with E-state index in [4.69, 9.17) is 10.5 Å². The molecule has 0 spiro atoms. The van der Waals surface area contributed by atoms with Crippen molar-refractivity contribution in [2.24, 2.45) is 5.73 Å². The van der Waals surface area contributed by atoms with Crippen molar-refractivity contribution in [1.82, 2.24) is 9.88 Å². The van der Waals surface area contributed by atoms with Crippen molar-refractivity contribution >= 4 is 0 Å². The van der Waals surface area contributed by atoms with Gasteiger partial charge in [-0.1, -0.05) is 13.0 Å². The summed E-state index contributed by atoms with van der Waals surface area (Å²) >= 11 is 0. The van der Waals surface area contributed by atoms with Crippen LogP contribution in [0.25, 0.3) is 0 Å². The first-order chi connectivity index (χ1) is 9.74. The lowest BCUT2D eigenvalue weighted by atomic mass is 9.93. The number of nitrogens with two attached hydrogens (primary N) is 1. The molecule has 0 amide bonds. The highest BCUT2D eigenvalue weighted by Gasteiger charge is 2.42. The molecule has 1 aromatic heterocycles. The Morgan fingerprint density at radius 2 is 1.86 bits per heavy atom. The number of rotatable bonds is 4. The maximum Gasteiger partial charge on any atom is 0.0761 e. The van der Waals surface area contributed by atoms with Gasteiger partial charge in [-0.25, -0.2) is 0 Å². The van der Waals surface area contributed by atoms with Crippen LogP contribution in [0.5, 0.6) is 0 Å². The van der Waals surface area contributed by atoms with E-state index in [1.54, 1.807) is 0 Å². The van der Waals surface area contributed by atoms with Gasteiger partial charge in [0.05, 0.1) is 22.9 Å². The van der Waals surface area contributed by atoms with Gasteiger partial charge < -0.3 is 10.5 Å². The van der Waals surface area contributed by atoms with Crippen LogP contribution in [0, 0.1) is 0 Å². The number of nitrogens with zero attached hydrogens (tertiary/aromatic N) is 2. The number of ether oxygens (including phenoxy) is 1. The zero-order valence-electron chi connectivity index (χ0n) is 14.0. The third-order valence-corrected chi connectivity index (χ3v) is 3.98. The van der Waals surface area contributed by atoms with Crippen LogP contribution in [0.15, 0.2) is 24.4 Å². The highest BCUT2D eigenvalue weighted by Crippen LogP contribution is 2.34. The average Bonchev–Trinajstić information content (AvgIpc) is 2.36. The summed E-state index contributed by atoms with van der Waals surface area (Å²) in [5.41, 5.74) is 7.13. The number of aromatic nitrogens is 1. The van der Waals surface area contributed by atoms with Gasteiger partial charge in [-0.05, 0) is 46.2 Å². The van der Waals surface area contributed by atoms with Crippen molar-refractivity contribution < 1.29 is 4.74 Å². The SMILES string of the molecule is CCC(N)C(c1ccccn1)N1CC(C)(C)OC(C)(C)C1. The molecular formula is C17H29N3O. The molecule has 1 fully saturated rings. The highest BCUT2D eigenvalue weighted by molar-refractivity contribution is 5.13. The Kier molecular flexibility index (Phi) is 4.71. The Labute approximate surface area is 128 Å². The average molecular weight is 291 g/mol. The molecule has 0 aliphatic carbocycles. The van der Waals surface area contributed by atoms with Crippen LogP contribution in [0.1, 0.15) is 52.8 Å². The summed E-state index contributed by atoms with van der Waals surface area (Å²) in [6.45, 7) is 12.5. The zero-order chi connectivity index (χ0) is 15.7. The monoisotopic (exact) mass is 291 g/mol. The summed E-state index contributed by atoms with van der Waals surface area (Å²) in [7, 11) is 0. The van der Waals surface area contributed by atoms with E-state index in [2.05, 4.69) is 50.6 Å². The topological polar surface area (TPSA) is 51.4 Å². The highest BCUT2D eigenvalue weighted by atomic mass is 16.5. The van der Waals surface area contributed by atoms with Crippen LogP contribution < -0.4 is 5.73 Å². The molecule has 0 saturated carbocycles. The predicted molar refractivity (Wildman–Crippen MR) is 86.1 cm³/mol. The minimum Gasteiger partial charge on any atom is -0.367 e. The van der Waals surface area contributed by atoms with Gasteiger partial charge in [0.1, 0.15) is 0 Å². The molecule has 2 unspecified atom stereocenters. The van der Waals surface area contributed by atoms with E-state index in [-0.39, 0.29) is 23.3 Å². The van der Waals surface area contributed by atoms with Gasteiger partial charge in [-0.2, -0.15) is 0 Å². The van der Waals surface area contributed by atoms with Crippen LogP contribution in [0.3, 0.4) is 0 Å². The lowest BCUT2D eigenvalue weighted by Gasteiger charge is -2.50.